The van der Waals surface area contributed by atoms with Crippen LogP contribution < -0.4 is 0 Å². The van der Waals surface area contributed by atoms with Crippen molar-refractivity contribution < 1.29 is 0 Å². The highest BCUT2D eigenvalue weighted by Gasteiger charge is 2.11. The van der Waals surface area contributed by atoms with E-state index in [0.29, 0.717) is 0 Å². The molecule has 0 saturated carbocycles. The summed E-state index contributed by atoms with van der Waals surface area (Å²) in [5, 5.41) is 6.16. The maximum absolute atomic E-state index is 4.86. The van der Waals surface area contributed by atoms with Crippen LogP contribution in [0.5, 0.6) is 0 Å². The van der Waals surface area contributed by atoms with Gasteiger partial charge in [-0.05, 0) is 31.0 Å². The van der Waals surface area contributed by atoms with Crippen molar-refractivity contribution >= 4 is 10.9 Å². The fourth-order valence-electron chi connectivity index (χ4n) is 3.71. The molecule has 0 aliphatic heterocycles. The Hall–Kier alpha value is -2.09. The second-order valence-electron chi connectivity index (χ2n) is 7.29. The van der Waals surface area contributed by atoms with Gasteiger partial charge in [-0.25, -0.2) is 4.68 Å². The standard InChI is InChI=1S/C24H32N2/c1-2-3-4-5-6-7-8-9-13-20-24-22-18-14-15-19-23(22)25-26(24)21-16-11-10-12-17-21/h10-12,14-19H,2-9,13,20H2,1H3. The lowest BCUT2D eigenvalue weighted by molar-refractivity contribution is 0.562. The van der Waals surface area contributed by atoms with E-state index in [1.807, 2.05) is 0 Å². The smallest absolute Gasteiger partial charge is 0.0930 e. The third-order valence-corrected chi connectivity index (χ3v) is 5.20. The summed E-state index contributed by atoms with van der Waals surface area (Å²) in [5.41, 5.74) is 3.62. The van der Waals surface area contributed by atoms with Gasteiger partial charge in [0.25, 0.3) is 0 Å². The van der Waals surface area contributed by atoms with E-state index in [2.05, 4.69) is 66.2 Å². The van der Waals surface area contributed by atoms with Crippen molar-refractivity contribution in [1.82, 2.24) is 9.78 Å². The van der Waals surface area contributed by atoms with Crippen molar-refractivity contribution in [2.45, 2.75) is 71.1 Å². The fourth-order valence-corrected chi connectivity index (χ4v) is 3.71. The van der Waals surface area contributed by atoms with Crippen LogP contribution in [-0.4, -0.2) is 9.78 Å². The summed E-state index contributed by atoms with van der Waals surface area (Å²) >= 11 is 0. The van der Waals surface area contributed by atoms with Crippen LogP contribution in [-0.2, 0) is 6.42 Å². The van der Waals surface area contributed by atoms with Gasteiger partial charge in [0.15, 0.2) is 0 Å². The predicted octanol–water partition coefficient (Wildman–Crippen LogP) is 7.10. The SMILES string of the molecule is CCCCCCCCCCCc1c2ccccc2nn1-c1ccccc1. The molecule has 0 radical (unpaired) electrons. The van der Waals surface area contributed by atoms with Crippen LogP contribution in [0.2, 0.25) is 0 Å². The van der Waals surface area contributed by atoms with Gasteiger partial charge in [-0.1, -0.05) is 94.7 Å². The van der Waals surface area contributed by atoms with E-state index in [9.17, 15) is 0 Å². The average Bonchev–Trinajstić information content (AvgIpc) is 3.06. The molecule has 0 amide bonds. The largest absolute Gasteiger partial charge is 0.237 e. The molecule has 0 unspecified atom stereocenters. The molecule has 138 valence electrons. The first kappa shape index (κ1) is 18.7. The molecule has 0 bridgehead atoms. The van der Waals surface area contributed by atoms with Crippen LogP contribution in [0.1, 0.15) is 70.4 Å². The molecule has 26 heavy (non-hydrogen) atoms. The molecule has 2 nitrogen and oxygen atoms in total. The van der Waals surface area contributed by atoms with Gasteiger partial charge in [-0.2, -0.15) is 5.10 Å². The molecular formula is C24H32N2. The van der Waals surface area contributed by atoms with Crippen molar-refractivity contribution in [1.29, 1.82) is 0 Å². The van der Waals surface area contributed by atoms with Crippen molar-refractivity contribution in [2.75, 3.05) is 0 Å². The molecule has 2 heteroatoms. The van der Waals surface area contributed by atoms with Crippen LogP contribution in [0.3, 0.4) is 0 Å². The molecule has 0 atom stereocenters. The number of rotatable bonds is 11. The minimum atomic E-state index is 1.10. The minimum Gasteiger partial charge on any atom is -0.237 e. The summed E-state index contributed by atoms with van der Waals surface area (Å²) < 4.78 is 2.15. The highest BCUT2D eigenvalue weighted by molar-refractivity contribution is 5.82. The molecule has 0 spiro atoms. The molecule has 0 fully saturated rings. The van der Waals surface area contributed by atoms with E-state index < -0.39 is 0 Å². The molecule has 1 aromatic heterocycles. The Balaban J connectivity index is 1.57. The first-order valence-corrected chi connectivity index (χ1v) is 10.4. The Labute approximate surface area is 158 Å². The molecule has 1 heterocycles. The van der Waals surface area contributed by atoms with E-state index in [1.165, 1.54) is 68.9 Å². The number of fused-ring (bicyclic) bond motifs is 1. The molecule has 0 aliphatic carbocycles. The fraction of sp³-hybridized carbons (Fsp3) is 0.458. The summed E-state index contributed by atoms with van der Waals surface area (Å²) in [6.07, 6.45) is 13.4. The zero-order chi connectivity index (χ0) is 18.0. The number of aryl methyl sites for hydroxylation is 1. The molecule has 3 aromatic rings. The highest BCUT2D eigenvalue weighted by atomic mass is 15.3. The monoisotopic (exact) mass is 348 g/mol. The van der Waals surface area contributed by atoms with Crippen LogP contribution in [0, 0.1) is 0 Å². The Morgan fingerprint density at radius 1 is 0.692 bits per heavy atom. The number of hydrogen-bond donors (Lipinski definition) is 0. The maximum Gasteiger partial charge on any atom is 0.0930 e. The van der Waals surface area contributed by atoms with Crippen LogP contribution >= 0.6 is 0 Å². The lowest BCUT2D eigenvalue weighted by Crippen LogP contribution is -2.02. The first-order valence-electron chi connectivity index (χ1n) is 10.4. The summed E-state index contributed by atoms with van der Waals surface area (Å²) in [4.78, 5) is 0. The molecule has 2 aromatic carbocycles. The lowest BCUT2D eigenvalue weighted by atomic mass is 10.0. The van der Waals surface area contributed by atoms with Gasteiger partial charge in [-0.15, -0.1) is 0 Å². The van der Waals surface area contributed by atoms with Gasteiger partial charge in [0.2, 0.25) is 0 Å². The second kappa shape index (κ2) is 10.2. The topological polar surface area (TPSA) is 17.8 Å². The summed E-state index contributed by atoms with van der Waals surface area (Å²) in [5.74, 6) is 0. The Morgan fingerprint density at radius 3 is 2.04 bits per heavy atom. The number of hydrogen-bond acceptors (Lipinski definition) is 1. The molecular weight excluding hydrogens is 316 g/mol. The number of aromatic nitrogens is 2. The van der Waals surface area contributed by atoms with Gasteiger partial charge in [0.1, 0.15) is 0 Å². The number of para-hydroxylation sites is 1. The van der Waals surface area contributed by atoms with Gasteiger partial charge in [0.05, 0.1) is 16.9 Å². The summed E-state index contributed by atoms with van der Waals surface area (Å²) in [6.45, 7) is 2.28. The van der Waals surface area contributed by atoms with Crippen molar-refractivity contribution in [3.63, 3.8) is 0 Å². The highest BCUT2D eigenvalue weighted by Crippen LogP contribution is 2.24. The quantitative estimate of drug-likeness (QED) is 0.338. The third kappa shape index (κ3) is 4.97. The van der Waals surface area contributed by atoms with Crippen LogP contribution in [0.25, 0.3) is 16.6 Å². The summed E-state index contributed by atoms with van der Waals surface area (Å²) in [7, 11) is 0. The maximum atomic E-state index is 4.86. The zero-order valence-electron chi connectivity index (χ0n) is 16.2. The third-order valence-electron chi connectivity index (χ3n) is 5.20. The molecule has 0 N–H and O–H groups in total. The second-order valence-corrected chi connectivity index (χ2v) is 7.29. The number of nitrogens with zero attached hydrogens (tertiary/aromatic N) is 2. The molecule has 0 aliphatic rings. The molecule has 0 saturated heterocycles. The Kier molecular flexibility index (Phi) is 7.30. The number of unbranched alkanes of at least 4 members (excludes halogenated alkanes) is 8. The number of benzene rings is 2. The zero-order valence-corrected chi connectivity index (χ0v) is 16.2. The Bertz CT molecular complexity index is 773. The van der Waals surface area contributed by atoms with E-state index >= 15 is 0 Å². The van der Waals surface area contributed by atoms with E-state index in [0.717, 1.165) is 17.6 Å². The van der Waals surface area contributed by atoms with Gasteiger partial charge in [0, 0.05) is 5.39 Å². The lowest BCUT2D eigenvalue weighted by Gasteiger charge is -2.08. The van der Waals surface area contributed by atoms with Crippen molar-refractivity contribution in [3.05, 3.63) is 60.3 Å². The van der Waals surface area contributed by atoms with Crippen molar-refractivity contribution in [2.24, 2.45) is 0 Å². The van der Waals surface area contributed by atoms with E-state index in [1.54, 1.807) is 0 Å². The van der Waals surface area contributed by atoms with Crippen LogP contribution in [0.4, 0.5) is 0 Å². The normalized spacial score (nSPS) is 11.3. The van der Waals surface area contributed by atoms with Gasteiger partial charge in [-0.3, -0.25) is 0 Å². The Morgan fingerprint density at radius 2 is 1.31 bits per heavy atom. The minimum absolute atomic E-state index is 1.10. The van der Waals surface area contributed by atoms with Crippen molar-refractivity contribution in [3.8, 4) is 5.69 Å². The molecule has 3 rings (SSSR count). The van der Waals surface area contributed by atoms with E-state index in [4.69, 9.17) is 5.10 Å². The summed E-state index contributed by atoms with van der Waals surface area (Å²) in [6, 6.07) is 19.1. The van der Waals surface area contributed by atoms with Crippen LogP contribution in [0.15, 0.2) is 54.6 Å². The average molecular weight is 349 g/mol. The predicted molar refractivity (Wildman–Crippen MR) is 112 cm³/mol. The van der Waals surface area contributed by atoms with E-state index in [-0.39, 0.29) is 0 Å². The van der Waals surface area contributed by atoms with Gasteiger partial charge < -0.3 is 0 Å². The van der Waals surface area contributed by atoms with Gasteiger partial charge >= 0.3 is 0 Å². The first-order chi connectivity index (χ1) is 12.9.